The van der Waals surface area contributed by atoms with Crippen molar-refractivity contribution in [1.82, 2.24) is 9.55 Å². The average Bonchev–Trinajstić information content (AvgIpc) is 2.44. The van der Waals surface area contributed by atoms with Crippen molar-refractivity contribution in [2.24, 2.45) is 5.92 Å². The minimum absolute atomic E-state index is 0.569. The third-order valence-electron chi connectivity index (χ3n) is 2.24. The summed E-state index contributed by atoms with van der Waals surface area (Å²) in [7, 11) is 0. The summed E-state index contributed by atoms with van der Waals surface area (Å²) >= 11 is 0. The summed E-state index contributed by atoms with van der Waals surface area (Å²) in [6, 6.07) is 0. The number of nitrogen functional groups attached to an aromatic ring is 1. The van der Waals surface area contributed by atoms with Crippen molar-refractivity contribution in [3.63, 3.8) is 0 Å². The Balaban J connectivity index is 2.17. The Kier molecular flexibility index (Phi) is 4.62. The highest BCUT2D eigenvalue weighted by atomic mass is 16.5. The van der Waals surface area contributed by atoms with Gasteiger partial charge >= 0.3 is 0 Å². The molecule has 0 amide bonds. The zero-order valence-electron chi connectivity index (χ0n) is 9.86. The summed E-state index contributed by atoms with van der Waals surface area (Å²) in [5, 5.41) is 0. The molecule has 0 radical (unpaired) electrons. The van der Waals surface area contributed by atoms with Gasteiger partial charge in [-0.3, -0.25) is 0 Å². The molecule has 1 rings (SSSR count). The molecule has 1 heterocycles. The van der Waals surface area contributed by atoms with Gasteiger partial charge in [0.1, 0.15) is 0 Å². The number of aromatic nitrogens is 2. The maximum absolute atomic E-state index is 5.70. The number of imidazole rings is 1. The van der Waals surface area contributed by atoms with Crippen LogP contribution in [-0.4, -0.2) is 22.8 Å². The Labute approximate surface area is 91.4 Å². The molecule has 2 N–H and O–H groups in total. The molecule has 15 heavy (non-hydrogen) atoms. The molecule has 0 fully saturated rings. The second-order valence-corrected chi connectivity index (χ2v) is 4.23. The second-order valence-electron chi connectivity index (χ2n) is 4.23. The lowest BCUT2D eigenvalue weighted by Crippen LogP contribution is -2.09. The topological polar surface area (TPSA) is 53.1 Å². The van der Waals surface area contributed by atoms with Crippen LogP contribution in [0.3, 0.4) is 0 Å². The summed E-state index contributed by atoms with van der Waals surface area (Å²) in [5.41, 5.74) is 6.65. The van der Waals surface area contributed by atoms with Gasteiger partial charge in [0.15, 0.2) is 5.95 Å². The molecule has 0 aliphatic rings. The van der Waals surface area contributed by atoms with E-state index in [0.29, 0.717) is 18.5 Å². The van der Waals surface area contributed by atoms with Crippen LogP contribution in [0.15, 0.2) is 6.20 Å². The van der Waals surface area contributed by atoms with E-state index in [9.17, 15) is 0 Å². The molecule has 0 bridgehead atoms. The largest absolute Gasteiger partial charge is 0.380 e. The molecular weight excluding hydrogens is 190 g/mol. The first-order valence-corrected chi connectivity index (χ1v) is 5.46. The third-order valence-corrected chi connectivity index (χ3v) is 2.24. The van der Waals surface area contributed by atoms with Crippen LogP contribution in [0.4, 0.5) is 5.95 Å². The maximum atomic E-state index is 5.70. The molecule has 0 aromatic carbocycles. The predicted molar refractivity (Wildman–Crippen MR) is 61.7 cm³/mol. The van der Waals surface area contributed by atoms with Crippen LogP contribution in [0.1, 0.15) is 26.0 Å². The Morgan fingerprint density at radius 2 is 2.20 bits per heavy atom. The lowest BCUT2D eigenvalue weighted by Gasteiger charge is -2.07. The van der Waals surface area contributed by atoms with Crippen LogP contribution in [0.25, 0.3) is 0 Å². The van der Waals surface area contributed by atoms with E-state index in [1.807, 2.05) is 17.7 Å². The maximum Gasteiger partial charge on any atom is 0.200 e. The Morgan fingerprint density at radius 1 is 1.47 bits per heavy atom. The van der Waals surface area contributed by atoms with Gasteiger partial charge in [-0.05, 0) is 19.3 Å². The summed E-state index contributed by atoms with van der Waals surface area (Å²) in [6.07, 6.45) is 3.06. The number of aryl methyl sites for hydroxylation is 1. The molecule has 0 spiro atoms. The van der Waals surface area contributed by atoms with E-state index in [-0.39, 0.29) is 0 Å². The van der Waals surface area contributed by atoms with E-state index in [0.717, 1.165) is 25.3 Å². The molecule has 0 unspecified atom stereocenters. The summed E-state index contributed by atoms with van der Waals surface area (Å²) in [5.74, 6) is 1.27. The fraction of sp³-hybridized carbons (Fsp3) is 0.727. The Morgan fingerprint density at radius 3 is 2.73 bits per heavy atom. The molecule has 0 saturated carbocycles. The molecule has 4 heteroatoms. The van der Waals surface area contributed by atoms with Crippen LogP contribution in [-0.2, 0) is 11.3 Å². The molecule has 0 atom stereocenters. The number of nitrogens with two attached hydrogens (primary N) is 1. The van der Waals surface area contributed by atoms with Crippen molar-refractivity contribution in [3.05, 3.63) is 11.9 Å². The normalized spacial score (nSPS) is 11.2. The highest BCUT2D eigenvalue weighted by molar-refractivity contribution is 5.20. The lowest BCUT2D eigenvalue weighted by molar-refractivity contribution is 0.116. The van der Waals surface area contributed by atoms with Crippen LogP contribution < -0.4 is 5.73 Å². The van der Waals surface area contributed by atoms with Gasteiger partial charge in [-0.25, -0.2) is 4.98 Å². The molecule has 1 aromatic heterocycles. The molecule has 0 saturated heterocycles. The third kappa shape index (κ3) is 4.34. The van der Waals surface area contributed by atoms with Gasteiger partial charge in [0.05, 0.1) is 12.3 Å². The van der Waals surface area contributed by atoms with Crippen LogP contribution in [0.2, 0.25) is 0 Å². The van der Waals surface area contributed by atoms with Gasteiger partial charge in [-0.15, -0.1) is 0 Å². The number of hydrogen-bond acceptors (Lipinski definition) is 3. The van der Waals surface area contributed by atoms with Gasteiger partial charge in [0.2, 0.25) is 0 Å². The molecule has 86 valence electrons. The predicted octanol–water partition coefficient (Wildman–Crippen LogP) is 1.84. The van der Waals surface area contributed by atoms with Gasteiger partial charge in [0, 0.05) is 19.3 Å². The molecule has 4 nitrogen and oxygen atoms in total. The van der Waals surface area contributed by atoms with Gasteiger partial charge in [-0.2, -0.15) is 0 Å². The molecule has 1 aromatic rings. The summed E-state index contributed by atoms with van der Waals surface area (Å²) < 4.78 is 7.43. The first-order valence-electron chi connectivity index (χ1n) is 5.46. The average molecular weight is 211 g/mol. The molecular formula is C11H21N3O. The fourth-order valence-electron chi connectivity index (χ4n) is 1.33. The van der Waals surface area contributed by atoms with Crippen LogP contribution in [0.5, 0.6) is 0 Å². The van der Waals surface area contributed by atoms with Crippen LogP contribution >= 0.6 is 0 Å². The van der Waals surface area contributed by atoms with Crippen molar-refractivity contribution in [2.75, 3.05) is 18.9 Å². The number of ether oxygens (including phenoxy) is 1. The smallest absolute Gasteiger partial charge is 0.200 e. The quantitative estimate of drug-likeness (QED) is 0.730. The zero-order chi connectivity index (χ0) is 11.3. The van der Waals surface area contributed by atoms with E-state index in [2.05, 4.69) is 18.8 Å². The fourth-order valence-corrected chi connectivity index (χ4v) is 1.33. The SMILES string of the molecule is Cc1cn(CCOCCC(C)C)c(N)n1. The van der Waals surface area contributed by atoms with E-state index in [1.54, 1.807) is 0 Å². The highest BCUT2D eigenvalue weighted by Gasteiger charge is 2.00. The Hall–Kier alpha value is -1.03. The van der Waals surface area contributed by atoms with Crippen molar-refractivity contribution < 1.29 is 4.74 Å². The van der Waals surface area contributed by atoms with Crippen molar-refractivity contribution in [2.45, 2.75) is 33.7 Å². The summed E-state index contributed by atoms with van der Waals surface area (Å²) in [6.45, 7) is 8.64. The number of anilines is 1. The standard InChI is InChI=1S/C11H21N3O/c1-9(2)4-6-15-7-5-14-8-10(3)13-11(14)12/h8-9H,4-7H2,1-3H3,(H2,12,13). The first-order chi connectivity index (χ1) is 7.09. The van der Waals surface area contributed by atoms with E-state index in [4.69, 9.17) is 10.5 Å². The number of hydrogen-bond donors (Lipinski definition) is 1. The minimum atomic E-state index is 0.569. The lowest BCUT2D eigenvalue weighted by atomic mass is 10.1. The minimum Gasteiger partial charge on any atom is -0.380 e. The molecule has 0 aliphatic heterocycles. The highest BCUT2D eigenvalue weighted by Crippen LogP contribution is 2.04. The van der Waals surface area contributed by atoms with Crippen LogP contribution in [0, 0.1) is 12.8 Å². The van der Waals surface area contributed by atoms with Crippen molar-refractivity contribution in [1.29, 1.82) is 0 Å². The first kappa shape index (κ1) is 12.0. The summed E-state index contributed by atoms with van der Waals surface area (Å²) in [4.78, 5) is 4.12. The number of rotatable bonds is 6. The van der Waals surface area contributed by atoms with Crippen molar-refractivity contribution in [3.8, 4) is 0 Å². The van der Waals surface area contributed by atoms with Crippen molar-refractivity contribution >= 4 is 5.95 Å². The van der Waals surface area contributed by atoms with Gasteiger partial charge in [-0.1, -0.05) is 13.8 Å². The van der Waals surface area contributed by atoms with Gasteiger partial charge in [0.25, 0.3) is 0 Å². The Bertz CT molecular complexity index is 294. The second kappa shape index (κ2) is 5.75. The van der Waals surface area contributed by atoms with Gasteiger partial charge < -0.3 is 15.0 Å². The monoisotopic (exact) mass is 211 g/mol. The van der Waals surface area contributed by atoms with E-state index in [1.165, 1.54) is 0 Å². The van der Waals surface area contributed by atoms with E-state index < -0.39 is 0 Å². The zero-order valence-corrected chi connectivity index (χ0v) is 9.86. The van der Waals surface area contributed by atoms with E-state index >= 15 is 0 Å². The molecule has 0 aliphatic carbocycles. The number of nitrogens with zero attached hydrogens (tertiary/aromatic N) is 2.